The first kappa shape index (κ1) is 24.6. The first-order valence-electron chi connectivity index (χ1n) is 13.1. The Bertz CT molecular complexity index is 1710. The average Bonchev–Trinajstić information content (AvgIpc) is 3.43. The molecule has 3 atom stereocenters. The van der Waals surface area contributed by atoms with E-state index in [0.717, 1.165) is 11.3 Å². The third kappa shape index (κ3) is 3.24. The number of nitrogens with zero attached hydrogens (tertiary/aromatic N) is 1. The topological polar surface area (TPSA) is 63.7 Å². The number of anilines is 1. The number of carbonyl (C=O) groups excluding carboxylic acids is 3. The summed E-state index contributed by atoms with van der Waals surface area (Å²) in [5, 5.41) is 0.518. The van der Waals surface area contributed by atoms with Gasteiger partial charge in [-0.3, -0.25) is 14.4 Å². The van der Waals surface area contributed by atoms with Gasteiger partial charge >= 0.3 is 0 Å². The van der Waals surface area contributed by atoms with Gasteiger partial charge in [0.15, 0.2) is 17.3 Å². The summed E-state index contributed by atoms with van der Waals surface area (Å²) in [4.78, 5) is 45.9. The Morgan fingerprint density at radius 3 is 2.23 bits per heavy atom. The molecule has 0 unspecified atom stereocenters. The predicted octanol–water partition coefficient (Wildman–Crippen LogP) is 6.66. The molecule has 1 spiro atoms. The number of Topliss-reactive ketones (excluding diaryl/α,β-unsaturated/α-hetero) is 3. The smallest absolute Gasteiger partial charge is 0.185 e. The van der Waals surface area contributed by atoms with Crippen molar-refractivity contribution in [2.45, 2.75) is 18.0 Å². The lowest BCUT2D eigenvalue weighted by atomic mass is 9.64. The van der Waals surface area contributed by atoms with Crippen molar-refractivity contribution in [3.63, 3.8) is 0 Å². The highest BCUT2D eigenvalue weighted by Crippen LogP contribution is 2.61. The maximum Gasteiger partial charge on any atom is 0.185 e. The highest BCUT2D eigenvalue weighted by Gasteiger charge is 2.71. The number of benzene rings is 4. The Balaban J connectivity index is 1.55. The predicted molar refractivity (Wildman–Crippen MR) is 155 cm³/mol. The molecule has 6 heteroatoms. The molecule has 1 saturated heterocycles. The van der Waals surface area contributed by atoms with Gasteiger partial charge in [0.05, 0.1) is 13.2 Å². The molecule has 0 saturated carbocycles. The van der Waals surface area contributed by atoms with Crippen molar-refractivity contribution in [3.8, 4) is 5.75 Å². The average molecular weight is 546 g/mol. The number of hydrogen-bond donors (Lipinski definition) is 0. The van der Waals surface area contributed by atoms with Gasteiger partial charge in [-0.2, -0.15) is 0 Å². The normalized spacial score (nSPS) is 21.8. The van der Waals surface area contributed by atoms with E-state index in [9.17, 15) is 14.4 Å². The number of fused-ring (bicyclic) bond motifs is 5. The van der Waals surface area contributed by atoms with Gasteiger partial charge in [-0.25, -0.2) is 0 Å². The highest BCUT2D eigenvalue weighted by atomic mass is 35.5. The summed E-state index contributed by atoms with van der Waals surface area (Å²) in [6, 6.07) is 27.4. The molecule has 4 aromatic rings. The molecule has 3 aliphatic rings. The second-order valence-corrected chi connectivity index (χ2v) is 10.8. The van der Waals surface area contributed by atoms with Crippen LogP contribution >= 0.6 is 11.6 Å². The number of carbonyl (C=O) groups is 3. The Labute approximate surface area is 236 Å². The van der Waals surface area contributed by atoms with Gasteiger partial charge in [0.1, 0.15) is 17.2 Å². The van der Waals surface area contributed by atoms with Crippen LogP contribution in [0.4, 0.5) is 5.69 Å². The van der Waals surface area contributed by atoms with Gasteiger partial charge in [0, 0.05) is 33.3 Å². The zero-order valence-corrected chi connectivity index (χ0v) is 22.3. The summed E-state index contributed by atoms with van der Waals surface area (Å²) < 4.78 is 5.55. The standard InChI is InChI=1S/C34H24ClNO4/c1-40-24-9-6-8-22(19-24)29-30(31(37)21-13-16-23(35)17-14-21)36-27-12-5-2-7-20(27)15-18-28(36)34(29)32(38)25-10-3-4-11-26(25)33(34)39/h2-19,28-30H,1H3/t28-,29+,30-/m1/s1. The molecule has 0 aromatic heterocycles. The lowest BCUT2D eigenvalue weighted by molar-refractivity contribution is 0.0665. The molecule has 2 aliphatic heterocycles. The fraction of sp³-hybridized carbons (Fsp3) is 0.147. The second-order valence-electron chi connectivity index (χ2n) is 10.4. The SMILES string of the molecule is COc1cccc([C@H]2[C@H](C(=O)c3ccc(Cl)cc3)N3c4ccccc4C=C[C@@H]3C23C(=O)c2ccccc2C3=O)c1. The van der Waals surface area contributed by atoms with Crippen LogP contribution in [0.15, 0.2) is 103 Å². The summed E-state index contributed by atoms with van der Waals surface area (Å²) in [7, 11) is 1.57. The third-order valence-corrected chi connectivity index (χ3v) is 8.82. The highest BCUT2D eigenvalue weighted by molar-refractivity contribution is 6.32. The Morgan fingerprint density at radius 1 is 0.850 bits per heavy atom. The zero-order valence-electron chi connectivity index (χ0n) is 21.6. The molecule has 0 bridgehead atoms. The van der Waals surface area contributed by atoms with Crippen molar-refractivity contribution in [3.05, 3.63) is 136 Å². The lowest BCUT2D eigenvalue weighted by Gasteiger charge is -2.37. The van der Waals surface area contributed by atoms with Crippen molar-refractivity contribution in [2.75, 3.05) is 12.0 Å². The molecule has 0 N–H and O–H groups in total. The van der Waals surface area contributed by atoms with Crippen LogP contribution in [0, 0.1) is 5.41 Å². The van der Waals surface area contributed by atoms with Crippen LogP contribution in [-0.4, -0.2) is 36.5 Å². The number of para-hydroxylation sites is 1. The van der Waals surface area contributed by atoms with Crippen LogP contribution in [0.3, 0.4) is 0 Å². The number of ketones is 3. The molecular formula is C34H24ClNO4. The van der Waals surface area contributed by atoms with E-state index in [1.165, 1.54) is 0 Å². The van der Waals surface area contributed by atoms with Gasteiger partial charge in [0.2, 0.25) is 0 Å². The van der Waals surface area contributed by atoms with E-state index >= 15 is 0 Å². The van der Waals surface area contributed by atoms with E-state index in [0.29, 0.717) is 33.0 Å². The van der Waals surface area contributed by atoms with Crippen molar-refractivity contribution < 1.29 is 19.1 Å². The van der Waals surface area contributed by atoms with Crippen LogP contribution < -0.4 is 9.64 Å². The van der Waals surface area contributed by atoms with Crippen molar-refractivity contribution in [1.29, 1.82) is 0 Å². The van der Waals surface area contributed by atoms with Gasteiger partial charge in [-0.1, -0.05) is 78.4 Å². The number of ether oxygens (including phenoxy) is 1. The minimum atomic E-state index is -1.55. The quantitative estimate of drug-likeness (QED) is 0.212. The molecule has 4 aromatic carbocycles. The Morgan fingerprint density at radius 2 is 1.52 bits per heavy atom. The molecule has 196 valence electrons. The van der Waals surface area contributed by atoms with Gasteiger partial charge in [-0.15, -0.1) is 0 Å². The molecule has 1 aliphatic carbocycles. The minimum absolute atomic E-state index is 0.187. The molecule has 1 fully saturated rings. The maximum absolute atomic E-state index is 14.6. The summed E-state index contributed by atoms with van der Waals surface area (Å²) in [5.74, 6) is -0.911. The molecule has 7 rings (SSSR count). The van der Waals surface area contributed by atoms with Crippen LogP contribution in [0.5, 0.6) is 5.75 Å². The molecule has 0 amide bonds. The molecule has 0 radical (unpaired) electrons. The number of hydrogen-bond acceptors (Lipinski definition) is 5. The van der Waals surface area contributed by atoms with E-state index < -0.39 is 23.4 Å². The fourth-order valence-corrected chi connectivity index (χ4v) is 7.04. The Kier molecular flexibility index (Phi) is 5.55. The third-order valence-electron chi connectivity index (χ3n) is 8.56. The molecule has 2 heterocycles. The Hall–Kier alpha value is -4.48. The van der Waals surface area contributed by atoms with E-state index in [1.54, 1.807) is 55.6 Å². The maximum atomic E-state index is 14.6. The largest absolute Gasteiger partial charge is 0.497 e. The van der Waals surface area contributed by atoms with Gasteiger partial charge in [0.25, 0.3) is 0 Å². The molecule has 5 nitrogen and oxygen atoms in total. The van der Waals surface area contributed by atoms with E-state index in [-0.39, 0.29) is 17.3 Å². The molecule has 40 heavy (non-hydrogen) atoms. The first-order chi connectivity index (χ1) is 19.5. The fourth-order valence-electron chi connectivity index (χ4n) is 6.91. The van der Waals surface area contributed by atoms with Gasteiger partial charge < -0.3 is 9.64 Å². The van der Waals surface area contributed by atoms with E-state index in [4.69, 9.17) is 16.3 Å². The van der Waals surface area contributed by atoms with Crippen LogP contribution in [0.25, 0.3) is 6.08 Å². The number of rotatable bonds is 4. The summed E-state index contributed by atoms with van der Waals surface area (Å²) in [6.07, 6.45) is 3.88. The van der Waals surface area contributed by atoms with Gasteiger partial charge in [-0.05, 0) is 53.6 Å². The molecular weight excluding hydrogens is 522 g/mol. The van der Waals surface area contributed by atoms with Crippen molar-refractivity contribution >= 4 is 40.7 Å². The first-order valence-corrected chi connectivity index (χ1v) is 13.5. The number of halogens is 1. The van der Waals surface area contributed by atoms with E-state index in [1.807, 2.05) is 65.6 Å². The van der Waals surface area contributed by atoms with Crippen molar-refractivity contribution in [1.82, 2.24) is 0 Å². The monoisotopic (exact) mass is 545 g/mol. The lowest BCUT2D eigenvalue weighted by Crippen LogP contribution is -2.48. The minimum Gasteiger partial charge on any atom is -0.497 e. The van der Waals surface area contributed by atoms with Crippen LogP contribution in [-0.2, 0) is 0 Å². The second kappa shape index (κ2) is 9.04. The van der Waals surface area contributed by atoms with Crippen LogP contribution in [0.1, 0.15) is 48.1 Å². The van der Waals surface area contributed by atoms with Crippen LogP contribution in [0.2, 0.25) is 5.02 Å². The van der Waals surface area contributed by atoms with E-state index in [2.05, 4.69) is 0 Å². The summed E-state index contributed by atoms with van der Waals surface area (Å²) >= 11 is 6.17. The van der Waals surface area contributed by atoms with Crippen molar-refractivity contribution in [2.24, 2.45) is 5.41 Å². The summed E-state index contributed by atoms with van der Waals surface area (Å²) in [5.41, 5.74) is 2.13. The number of methoxy groups -OCH3 is 1. The summed E-state index contributed by atoms with van der Waals surface area (Å²) in [6.45, 7) is 0. The zero-order chi connectivity index (χ0) is 27.6.